The van der Waals surface area contributed by atoms with Crippen LogP contribution in [0.15, 0.2) is 40.8 Å². The van der Waals surface area contributed by atoms with Gasteiger partial charge in [-0.25, -0.2) is 18.0 Å². The third-order valence-corrected chi connectivity index (χ3v) is 4.51. The highest BCUT2D eigenvalue weighted by Crippen LogP contribution is 2.38. The number of furan rings is 1. The summed E-state index contributed by atoms with van der Waals surface area (Å²) in [5, 5.41) is 0.124. The van der Waals surface area contributed by atoms with Crippen molar-refractivity contribution in [3.63, 3.8) is 0 Å². The van der Waals surface area contributed by atoms with Crippen molar-refractivity contribution in [2.24, 2.45) is 0 Å². The van der Waals surface area contributed by atoms with Crippen LogP contribution in [-0.4, -0.2) is 38.6 Å². The van der Waals surface area contributed by atoms with Gasteiger partial charge in [0, 0.05) is 11.5 Å². The SMILES string of the molecule is CCOC(=O)c1c(C)oc2cc(OC(=O)c3ccc(OC)cc3)c(OS(=O)(=O)[O-])cc12. The highest BCUT2D eigenvalue weighted by atomic mass is 32.3. The molecule has 0 unspecified atom stereocenters. The number of benzene rings is 2. The van der Waals surface area contributed by atoms with Gasteiger partial charge in [0.15, 0.2) is 11.5 Å². The zero-order valence-corrected chi connectivity index (χ0v) is 17.5. The molecule has 0 bridgehead atoms. The Morgan fingerprint density at radius 1 is 1.06 bits per heavy atom. The number of fused-ring (bicyclic) bond motifs is 1. The molecule has 0 fully saturated rings. The second kappa shape index (κ2) is 8.66. The van der Waals surface area contributed by atoms with Gasteiger partial charge >= 0.3 is 11.9 Å². The molecule has 11 heteroatoms. The van der Waals surface area contributed by atoms with Gasteiger partial charge in [-0.15, -0.1) is 0 Å². The predicted molar refractivity (Wildman–Crippen MR) is 105 cm³/mol. The first-order chi connectivity index (χ1) is 14.6. The number of methoxy groups -OCH3 is 1. The lowest BCUT2D eigenvalue weighted by molar-refractivity contribution is 0.0526. The zero-order valence-electron chi connectivity index (χ0n) is 16.7. The fraction of sp³-hybridized carbons (Fsp3) is 0.200. The summed E-state index contributed by atoms with van der Waals surface area (Å²) in [7, 11) is -3.76. The first-order valence-electron chi connectivity index (χ1n) is 8.88. The zero-order chi connectivity index (χ0) is 22.8. The van der Waals surface area contributed by atoms with Crippen molar-refractivity contribution in [2.45, 2.75) is 13.8 Å². The Balaban J connectivity index is 2.07. The average molecular weight is 449 g/mol. The third kappa shape index (κ3) is 4.95. The van der Waals surface area contributed by atoms with E-state index in [2.05, 4.69) is 4.18 Å². The van der Waals surface area contributed by atoms with Gasteiger partial charge in [-0.1, -0.05) is 0 Å². The van der Waals surface area contributed by atoms with E-state index in [-0.39, 0.29) is 34.5 Å². The van der Waals surface area contributed by atoms with Crippen LogP contribution in [0, 0.1) is 6.92 Å². The van der Waals surface area contributed by atoms with Gasteiger partial charge in [0.05, 0.1) is 19.3 Å². The lowest BCUT2D eigenvalue weighted by Crippen LogP contribution is -2.12. The number of aryl methyl sites for hydroxylation is 1. The maximum atomic E-state index is 12.5. The Labute approximate surface area is 177 Å². The van der Waals surface area contributed by atoms with Crippen molar-refractivity contribution in [3.8, 4) is 17.2 Å². The molecule has 31 heavy (non-hydrogen) atoms. The summed E-state index contributed by atoms with van der Waals surface area (Å²) in [5.41, 5.74) is 0.242. The first-order valence-corrected chi connectivity index (χ1v) is 10.2. The number of ether oxygens (including phenoxy) is 3. The lowest BCUT2D eigenvalue weighted by Gasteiger charge is -2.13. The normalized spacial score (nSPS) is 11.2. The summed E-state index contributed by atoms with van der Waals surface area (Å²) in [6.45, 7) is 3.21. The number of carbonyl (C=O) groups excluding carboxylic acids is 2. The van der Waals surface area contributed by atoms with Crippen LogP contribution in [0.4, 0.5) is 0 Å². The molecule has 0 spiro atoms. The van der Waals surface area contributed by atoms with Crippen molar-refractivity contribution in [1.29, 1.82) is 0 Å². The fourth-order valence-corrected chi connectivity index (χ4v) is 3.17. The standard InChI is InChI=1S/C20H18O10S/c1-4-27-20(22)18-11(2)28-15-10-16(17(9-14(15)18)30-31(23,24)25)29-19(21)12-5-7-13(26-3)8-6-12/h5-10H,4H2,1-3H3,(H,23,24,25)/p-1. The van der Waals surface area contributed by atoms with E-state index in [1.54, 1.807) is 6.92 Å². The van der Waals surface area contributed by atoms with E-state index >= 15 is 0 Å². The molecule has 3 rings (SSSR count). The van der Waals surface area contributed by atoms with Crippen LogP contribution in [-0.2, 0) is 15.1 Å². The molecule has 0 radical (unpaired) electrons. The minimum atomic E-state index is -5.22. The summed E-state index contributed by atoms with van der Waals surface area (Å²) in [6.07, 6.45) is 0. The van der Waals surface area contributed by atoms with Gasteiger partial charge in [-0.3, -0.25) is 0 Å². The van der Waals surface area contributed by atoms with Crippen LogP contribution in [0.2, 0.25) is 0 Å². The molecule has 1 heterocycles. The first kappa shape index (κ1) is 22.1. The summed E-state index contributed by atoms with van der Waals surface area (Å²) < 4.78 is 58.8. The molecule has 3 aromatic rings. The highest BCUT2D eigenvalue weighted by molar-refractivity contribution is 7.81. The van der Waals surface area contributed by atoms with Crippen LogP contribution in [0.5, 0.6) is 17.2 Å². The quantitative estimate of drug-likeness (QED) is 0.229. The number of carbonyl (C=O) groups is 2. The highest BCUT2D eigenvalue weighted by Gasteiger charge is 2.24. The van der Waals surface area contributed by atoms with Crippen LogP contribution < -0.4 is 13.7 Å². The smallest absolute Gasteiger partial charge is 0.343 e. The topological polar surface area (TPSA) is 141 Å². The number of hydrogen-bond acceptors (Lipinski definition) is 10. The van der Waals surface area contributed by atoms with Gasteiger partial charge in [-0.2, -0.15) is 0 Å². The van der Waals surface area contributed by atoms with Gasteiger partial charge < -0.3 is 27.4 Å². The maximum absolute atomic E-state index is 12.5. The van der Waals surface area contributed by atoms with Gasteiger partial charge in [0.2, 0.25) is 0 Å². The second-order valence-corrected chi connectivity index (χ2v) is 7.14. The van der Waals surface area contributed by atoms with E-state index in [0.29, 0.717) is 5.75 Å². The predicted octanol–water partition coefficient (Wildman–Crippen LogP) is 2.98. The molecular formula is C20H17O10S-. The summed E-state index contributed by atoms with van der Waals surface area (Å²) in [6, 6.07) is 8.12. The Bertz CT molecular complexity index is 1240. The fourth-order valence-electron chi connectivity index (χ4n) is 2.82. The van der Waals surface area contributed by atoms with E-state index in [0.717, 1.165) is 12.1 Å². The Morgan fingerprint density at radius 2 is 1.74 bits per heavy atom. The minimum absolute atomic E-state index is 0.0260. The number of rotatable bonds is 7. The van der Waals surface area contributed by atoms with E-state index in [4.69, 9.17) is 18.6 Å². The van der Waals surface area contributed by atoms with Crippen molar-refractivity contribution >= 4 is 33.3 Å². The number of hydrogen-bond donors (Lipinski definition) is 0. The summed E-state index contributed by atoms with van der Waals surface area (Å²) >= 11 is 0. The molecule has 0 saturated heterocycles. The maximum Gasteiger partial charge on any atom is 0.343 e. The molecule has 0 saturated carbocycles. The Hall–Kier alpha value is -3.57. The molecule has 1 aromatic heterocycles. The second-order valence-electron chi connectivity index (χ2n) is 6.16. The lowest BCUT2D eigenvalue weighted by atomic mass is 10.1. The third-order valence-electron chi connectivity index (χ3n) is 4.13. The molecule has 0 atom stereocenters. The average Bonchev–Trinajstić information content (AvgIpc) is 3.01. The Morgan fingerprint density at radius 3 is 2.32 bits per heavy atom. The minimum Gasteiger partial charge on any atom is -0.716 e. The molecule has 10 nitrogen and oxygen atoms in total. The van der Waals surface area contributed by atoms with Gasteiger partial charge in [0.25, 0.3) is 10.4 Å². The molecular weight excluding hydrogens is 432 g/mol. The molecule has 0 N–H and O–H groups in total. The van der Waals surface area contributed by atoms with E-state index in [1.165, 1.54) is 38.3 Å². The van der Waals surface area contributed by atoms with Crippen molar-refractivity contribution < 1.29 is 45.4 Å². The molecule has 0 aliphatic carbocycles. The molecule has 0 aliphatic heterocycles. The van der Waals surface area contributed by atoms with Crippen molar-refractivity contribution in [1.82, 2.24) is 0 Å². The largest absolute Gasteiger partial charge is 0.716 e. The van der Waals surface area contributed by atoms with Crippen LogP contribution in [0.3, 0.4) is 0 Å². The Kier molecular flexibility index (Phi) is 6.18. The molecule has 2 aromatic carbocycles. The van der Waals surface area contributed by atoms with E-state index in [1.807, 2.05) is 0 Å². The molecule has 164 valence electrons. The van der Waals surface area contributed by atoms with Gasteiger partial charge in [0.1, 0.15) is 22.7 Å². The summed E-state index contributed by atoms with van der Waals surface area (Å²) in [5.74, 6) is -1.85. The van der Waals surface area contributed by atoms with Gasteiger partial charge in [-0.05, 0) is 44.2 Å². The van der Waals surface area contributed by atoms with Crippen molar-refractivity contribution in [3.05, 3.63) is 53.3 Å². The summed E-state index contributed by atoms with van der Waals surface area (Å²) in [4.78, 5) is 24.7. The van der Waals surface area contributed by atoms with Crippen LogP contribution in [0.1, 0.15) is 33.4 Å². The monoisotopic (exact) mass is 449 g/mol. The van der Waals surface area contributed by atoms with Crippen LogP contribution >= 0.6 is 0 Å². The van der Waals surface area contributed by atoms with Crippen molar-refractivity contribution in [2.75, 3.05) is 13.7 Å². The number of esters is 2. The van der Waals surface area contributed by atoms with E-state index in [9.17, 15) is 22.6 Å². The molecule has 0 amide bonds. The van der Waals surface area contributed by atoms with E-state index < -0.39 is 33.8 Å². The van der Waals surface area contributed by atoms with Crippen LogP contribution in [0.25, 0.3) is 11.0 Å². The molecule has 0 aliphatic rings.